The molecular formula is C7H4BClF3O2. The Bertz CT molecular complexity index is 329. The second kappa shape index (κ2) is 4.10. The van der Waals surface area contributed by atoms with Gasteiger partial charge in [0.15, 0.2) is 0 Å². The molecule has 0 aliphatic heterocycles. The van der Waals surface area contributed by atoms with Gasteiger partial charge in [0, 0.05) is 0 Å². The molecule has 75 valence electrons. The van der Waals surface area contributed by atoms with Gasteiger partial charge >= 0.3 is 13.9 Å². The van der Waals surface area contributed by atoms with Crippen molar-refractivity contribution in [3.05, 3.63) is 28.8 Å². The fourth-order valence-corrected chi connectivity index (χ4v) is 1.05. The molecule has 0 unspecified atom stereocenters. The molecule has 1 rings (SSSR count). The highest BCUT2D eigenvalue weighted by Gasteiger charge is 2.30. The largest absolute Gasteiger partial charge is 0.569 e. The summed E-state index contributed by atoms with van der Waals surface area (Å²) < 4.78 is 40.8. The molecule has 0 fully saturated rings. The van der Waals surface area contributed by atoms with Crippen molar-refractivity contribution in [1.29, 1.82) is 0 Å². The molecule has 0 atom stereocenters. The molecule has 1 aromatic carbocycles. The van der Waals surface area contributed by atoms with Crippen LogP contribution in [0.5, 0.6) is 5.75 Å². The lowest BCUT2D eigenvalue weighted by Gasteiger charge is -2.09. The molecule has 0 spiro atoms. The van der Waals surface area contributed by atoms with Crippen LogP contribution in [0.2, 0.25) is 5.02 Å². The van der Waals surface area contributed by atoms with Crippen molar-refractivity contribution < 1.29 is 22.8 Å². The van der Waals surface area contributed by atoms with E-state index < -0.39 is 11.7 Å². The predicted octanol–water partition coefficient (Wildman–Crippen LogP) is 2.26. The maximum Gasteiger partial charge on any atom is 0.569 e. The van der Waals surface area contributed by atoms with Crippen molar-refractivity contribution in [3.63, 3.8) is 0 Å². The van der Waals surface area contributed by atoms with Gasteiger partial charge in [-0.05, 0) is 18.2 Å². The monoisotopic (exact) mass is 223 g/mol. The smallest absolute Gasteiger partial charge is 0.536 e. The van der Waals surface area contributed by atoms with Crippen LogP contribution < -0.4 is 4.65 Å². The van der Waals surface area contributed by atoms with Crippen LogP contribution in [0, 0.1) is 0 Å². The molecule has 0 heterocycles. The summed E-state index contributed by atoms with van der Waals surface area (Å²) in [6.07, 6.45) is -4.44. The maximum atomic E-state index is 12.1. The summed E-state index contributed by atoms with van der Waals surface area (Å²) in [5, 5.41) is 8.03. The van der Waals surface area contributed by atoms with Gasteiger partial charge in [-0.3, -0.25) is 0 Å². The van der Waals surface area contributed by atoms with E-state index in [4.69, 9.17) is 16.6 Å². The van der Waals surface area contributed by atoms with Gasteiger partial charge in [-0.1, -0.05) is 11.6 Å². The average molecular weight is 223 g/mol. The van der Waals surface area contributed by atoms with E-state index in [-0.39, 0.29) is 10.8 Å². The number of hydrogen-bond donors (Lipinski definition) is 1. The fraction of sp³-hybridized carbons (Fsp3) is 0.143. The van der Waals surface area contributed by atoms with Gasteiger partial charge in [0.05, 0.1) is 10.6 Å². The summed E-state index contributed by atoms with van der Waals surface area (Å²) in [6.45, 7) is 0. The highest BCUT2D eigenvalue weighted by atomic mass is 35.5. The minimum absolute atomic E-state index is 0.0397. The van der Waals surface area contributed by atoms with E-state index in [1.54, 1.807) is 0 Å². The Balaban J connectivity index is 3.01. The first-order valence-electron chi connectivity index (χ1n) is 3.44. The normalized spacial score (nSPS) is 11.2. The number of alkyl halides is 3. The zero-order valence-corrected chi connectivity index (χ0v) is 7.43. The Hall–Kier alpha value is -0.875. The fourth-order valence-electron chi connectivity index (χ4n) is 0.830. The molecule has 0 aliphatic rings. The number of halogens is 4. The summed E-state index contributed by atoms with van der Waals surface area (Å²) >= 11 is 5.46. The third kappa shape index (κ3) is 2.56. The molecule has 0 saturated carbocycles. The first kappa shape index (κ1) is 11.2. The minimum Gasteiger partial charge on any atom is -0.536 e. The second-order valence-electron chi connectivity index (χ2n) is 2.37. The van der Waals surface area contributed by atoms with Gasteiger partial charge in [-0.2, -0.15) is 13.2 Å². The van der Waals surface area contributed by atoms with E-state index in [1.165, 1.54) is 0 Å². The van der Waals surface area contributed by atoms with Crippen LogP contribution in [0.3, 0.4) is 0 Å². The lowest BCUT2D eigenvalue weighted by Crippen LogP contribution is -2.06. The van der Waals surface area contributed by atoms with Crippen molar-refractivity contribution >= 4 is 19.3 Å². The lowest BCUT2D eigenvalue weighted by molar-refractivity contribution is -0.137. The minimum atomic E-state index is -4.44. The molecule has 0 aromatic heterocycles. The Morgan fingerprint density at radius 3 is 2.43 bits per heavy atom. The summed E-state index contributed by atoms with van der Waals surface area (Å²) in [7, 11) is 0.342. The van der Waals surface area contributed by atoms with E-state index in [0.717, 1.165) is 18.2 Å². The van der Waals surface area contributed by atoms with E-state index >= 15 is 0 Å². The molecule has 1 radical (unpaired) electrons. The maximum absolute atomic E-state index is 12.1. The van der Waals surface area contributed by atoms with Gasteiger partial charge in [-0.15, -0.1) is 0 Å². The van der Waals surface area contributed by atoms with Crippen molar-refractivity contribution in [2.24, 2.45) is 0 Å². The highest BCUT2D eigenvalue weighted by Crippen LogP contribution is 2.34. The molecular weight excluding hydrogens is 219 g/mol. The molecule has 14 heavy (non-hydrogen) atoms. The molecule has 0 aliphatic carbocycles. The third-order valence-electron chi connectivity index (χ3n) is 1.44. The van der Waals surface area contributed by atoms with Gasteiger partial charge in [0.25, 0.3) is 0 Å². The first-order valence-corrected chi connectivity index (χ1v) is 3.82. The Kier molecular flexibility index (Phi) is 3.28. The van der Waals surface area contributed by atoms with Crippen molar-refractivity contribution in [3.8, 4) is 5.75 Å². The summed E-state index contributed by atoms with van der Waals surface area (Å²) in [5.74, 6) is -0.0397. The highest BCUT2D eigenvalue weighted by molar-refractivity contribution is 6.32. The third-order valence-corrected chi connectivity index (χ3v) is 1.73. The standard InChI is InChI=1S/C7H4BClF3O2/c9-5-3-4(7(10,11)12)1-2-6(5)14-8-13/h1-3,13H. The molecule has 0 saturated heterocycles. The Morgan fingerprint density at radius 2 is 2.00 bits per heavy atom. The second-order valence-corrected chi connectivity index (χ2v) is 2.77. The first-order chi connectivity index (χ1) is 6.45. The molecule has 7 heteroatoms. The number of benzene rings is 1. The van der Waals surface area contributed by atoms with Crippen molar-refractivity contribution in [2.45, 2.75) is 6.18 Å². The van der Waals surface area contributed by atoms with Crippen LogP contribution >= 0.6 is 11.6 Å². The van der Waals surface area contributed by atoms with Crippen LogP contribution in [0.25, 0.3) is 0 Å². The summed E-state index contributed by atoms with van der Waals surface area (Å²) in [6, 6.07) is 2.56. The van der Waals surface area contributed by atoms with E-state index in [1.807, 2.05) is 0 Å². The van der Waals surface area contributed by atoms with Gasteiger partial charge < -0.3 is 9.68 Å². The van der Waals surface area contributed by atoms with Gasteiger partial charge in [0.1, 0.15) is 5.75 Å². The van der Waals surface area contributed by atoms with Crippen LogP contribution in [0.15, 0.2) is 18.2 Å². The van der Waals surface area contributed by atoms with Crippen LogP contribution in [-0.2, 0) is 6.18 Å². The summed E-state index contributed by atoms with van der Waals surface area (Å²) in [4.78, 5) is 0. The zero-order valence-electron chi connectivity index (χ0n) is 6.68. The Morgan fingerprint density at radius 1 is 1.36 bits per heavy atom. The van der Waals surface area contributed by atoms with Gasteiger partial charge in [-0.25, -0.2) is 0 Å². The lowest BCUT2D eigenvalue weighted by atomic mass is 10.2. The molecule has 0 amide bonds. The zero-order chi connectivity index (χ0) is 10.8. The van der Waals surface area contributed by atoms with Crippen LogP contribution in [-0.4, -0.2) is 12.7 Å². The SMILES string of the molecule is O[B]Oc1ccc(C(F)(F)F)cc1Cl. The number of rotatable bonds is 2. The molecule has 1 N–H and O–H groups in total. The van der Waals surface area contributed by atoms with E-state index in [9.17, 15) is 13.2 Å². The predicted molar refractivity (Wildman–Crippen MR) is 45.1 cm³/mol. The molecule has 1 aromatic rings. The Labute approximate surface area is 83.6 Å². The van der Waals surface area contributed by atoms with Crippen LogP contribution in [0.4, 0.5) is 13.2 Å². The average Bonchev–Trinajstić information content (AvgIpc) is 2.07. The van der Waals surface area contributed by atoms with Crippen molar-refractivity contribution in [2.75, 3.05) is 0 Å². The number of hydrogen-bond acceptors (Lipinski definition) is 2. The summed E-state index contributed by atoms with van der Waals surface area (Å²) in [5.41, 5.74) is -0.868. The molecule has 0 bridgehead atoms. The molecule has 2 nitrogen and oxygen atoms in total. The van der Waals surface area contributed by atoms with E-state index in [0.29, 0.717) is 7.69 Å². The quantitative estimate of drug-likeness (QED) is 0.779. The topological polar surface area (TPSA) is 29.5 Å². The van der Waals surface area contributed by atoms with Crippen molar-refractivity contribution in [1.82, 2.24) is 0 Å². The van der Waals surface area contributed by atoms with Gasteiger partial charge in [0.2, 0.25) is 0 Å². The van der Waals surface area contributed by atoms with E-state index in [2.05, 4.69) is 4.65 Å². The van der Waals surface area contributed by atoms with Crippen LogP contribution in [0.1, 0.15) is 5.56 Å².